The lowest BCUT2D eigenvalue weighted by molar-refractivity contribution is 0.00752. The number of phenols is 1. The van der Waals surface area contributed by atoms with Gasteiger partial charge < -0.3 is 10.4 Å². The summed E-state index contributed by atoms with van der Waals surface area (Å²) < 4.78 is 0. The smallest absolute Gasteiger partial charge is 0.123 e. The Morgan fingerprint density at radius 3 is 2.15 bits per heavy atom. The molecule has 1 aromatic rings. The van der Waals surface area contributed by atoms with E-state index in [-0.39, 0.29) is 0 Å². The molecular weight excluding hydrogens is 246 g/mol. The van der Waals surface area contributed by atoms with Crippen LogP contribution in [0.1, 0.15) is 43.2 Å². The minimum atomic E-state index is 0.457. The van der Waals surface area contributed by atoms with E-state index in [1.54, 1.807) is 0 Å². The van der Waals surface area contributed by atoms with Gasteiger partial charge in [0.15, 0.2) is 0 Å². The molecule has 0 heterocycles. The molecule has 1 aromatic carbocycles. The molecule has 2 N–H and O–H groups in total. The molecule has 0 aliphatic heterocycles. The maximum absolute atomic E-state index is 10.1. The summed E-state index contributed by atoms with van der Waals surface area (Å²) in [4.78, 5) is 0. The number of hydrogen-bond donors (Lipinski definition) is 2. The second kappa shape index (κ2) is 4.41. The maximum atomic E-state index is 10.1. The van der Waals surface area contributed by atoms with Crippen molar-refractivity contribution in [2.75, 3.05) is 5.32 Å². The van der Waals surface area contributed by atoms with Gasteiger partial charge in [0.25, 0.3) is 0 Å². The zero-order valence-electron chi connectivity index (χ0n) is 12.5. The Morgan fingerprint density at radius 1 is 0.950 bits per heavy atom. The Balaban J connectivity index is 1.59. The number of anilines is 1. The molecule has 4 bridgehead atoms. The number of benzene rings is 1. The number of phenolic OH excluding ortho intramolecular Hbond substituents is 1. The highest BCUT2D eigenvalue weighted by Gasteiger charge is 2.48. The Hall–Kier alpha value is -1.18. The van der Waals surface area contributed by atoms with Crippen LogP contribution in [0, 0.1) is 37.5 Å². The van der Waals surface area contributed by atoms with Crippen molar-refractivity contribution < 1.29 is 5.11 Å². The van der Waals surface area contributed by atoms with E-state index >= 15 is 0 Å². The number of hydrogen-bond acceptors (Lipinski definition) is 2. The lowest BCUT2D eigenvalue weighted by atomic mass is 9.54. The van der Waals surface area contributed by atoms with E-state index in [4.69, 9.17) is 0 Å². The van der Waals surface area contributed by atoms with Gasteiger partial charge in [0.1, 0.15) is 5.75 Å². The number of nitrogens with one attached hydrogen (secondary N) is 1. The van der Waals surface area contributed by atoms with Gasteiger partial charge in [0, 0.05) is 17.3 Å². The van der Waals surface area contributed by atoms with Crippen LogP contribution in [0.4, 0.5) is 5.69 Å². The third-order valence-electron chi connectivity index (χ3n) is 6.18. The molecule has 4 aliphatic rings. The first-order valence-corrected chi connectivity index (χ1v) is 8.17. The Labute approximate surface area is 121 Å². The maximum Gasteiger partial charge on any atom is 0.123 e. The molecule has 0 unspecified atom stereocenters. The van der Waals surface area contributed by atoms with E-state index < -0.39 is 0 Å². The average molecular weight is 271 g/mol. The molecule has 2 heteroatoms. The third-order valence-corrected chi connectivity index (χ3v) is 6.18. The van der Waals surface area contributed by atoms with Crippen LogP contribution in [0.3, 0.4) is 0 Å². The van der Waals surface area contributed by atoms with Gasteiger partial charge in [-0.1, -0.05) is 6.07 Å². The second-order valence-corrected chi connectivity index (χ2v) is 7.50. The van der Waals surface area contributed by atoms with Crippen molar-refractivity contribution in [3.05, 3.63) is 23.3 Å². The summed E-state index contributed by atoms with van der Waals surface area (Å²) >= 11 is 0. The van der Waals surface area contributed by atoms with Crippen LogP contribution in [-0.2, 0) is 0 Å². The first-order valence-electron chi connectivity index (χ1n) is 8.17. The monoisotopic (exact) mass is 271 g/mol. The zero-order chi connectivity index (χ0) is 13.9. The minimum Gasteiger partial charge on any atom is -0.507 e. The Bertz CT molecular complexity index is 508. The van der Waals surface area contributed by atoms with E-state index in [2.05, 4.69) is 11.4 Å². The van der Waals surface area contributed by atoms with Crippen molar-refractivity contribution in [1.82, 2.24) is 0 Å². The fourth-order valence-corrected chi connectivity index (χ4v) is 5.33. The van der Waals surface area contributed by atoms with Gasteiger partial charge in [-0.2, -0.15) is 0 Å². The summed E-state index contributed by atoms with van der Waals surface area (Å²) in [6, 6.07) is 4.82. The lowest BCUT2D eigenvalue weighted by Gasteiger charge is -2.54. The Kier molecular flexibility index (Phi) is 2.77. The van der Waals surface area contributed by atoms with Crippen LogP contribution >= 0.6 is 0 Å². The van der Waals surface area contributed by atoms with Gasteiger partial charge in [0.05, 0.1) is 0 Å². The molecule has 0 saturated heterocycles. The van der Waals surface area contributed by atoms with Crippen molar-refractivity contribution in [3.8, 4) is 5.75 Å². The second-order valence-electron chi connectivity index (χ2n) is 7.50. The summed E-state index contributed by atoms with van der Waals surface area (Å²) in [5.74, 6) is 4.23. The van der Waals surface area contributed by atoms with E-state index in [1.807, 2.05) is 19.9 Å². The fraction of sp³-hybridized carbons (Fsp3) is 0.667. The number of aromatic hydroxyl groups is 1. The van der Waals surface area contributed by atoms with E-state index in [0.29, 0.717) is 11.8 Å². The van der Waals surface area contributed by atoms with Crippen molar-refractivity contribution in [3.63, 3.8) is 0 Å². The highest BCUT2D eigenvalue weighted by atomic mass is 16.3. The largest absolute Gasteiger partial charge is 0.507 e. The molecule has 2 nitrogen and oxygen atoms in total. The third kappa shape index (κ3) is 1.84. The summed E-state index contributed by atoms with van der Waals surface area (Å²) in [5.41, 5.74) is 3.13. The van der Waals surface area contributed by atoms with E-state index in [9.17, 15) is 5.11 Å². The van der Waals surface area contributed by atoms with Gasteiger partial charge in [-0.05, 0) is 81.3 Å². The predicted octanol–water partition coefficient (Wildman–Crippen LogP) is 4.25. The van der Waals surface area contributed by atoms with Crippen LogP contribution in [0.15, 0.2) is 12.1 Å². The summed E-state index contributed by atoms with van der Waals surface area (Å²) in [6.07, 6.45) is 7.23. The van der Waals surface area contributed by atoms with Crippen molar-refractivity contribution in [1.29, 1.82) is 0 Å². The fourth-order valence-electron chi connectivity index (χ4n) is 5.33. The molecular formula is C18H25NO. The topological polar surface area (TPSA) is 32.3 Å². The SMILES string of the molecule is Cc1ccc(NC2C3CC4CC(C3)CC2C4)c(C)c1O. The molecule has 0 amide bonds. The van der Waals surface area contributed by atoms with Crippen LogP contribution < -0.4 is 5.32 Å². The highest BCUT2D eigenvalue weighted by molar-refractivity contribution is 5.59. The molecule has 4 fully saturated rings. The van der Waals surface area contributed by atoms with Crippen molar-refractivity contribution in [2.24, 2.45) is 23.7 Å². The van der Waals surface area contributed by atoms with E-state index in [1.165, 1.54) is 32.1 Å². The molecule has 4 aliphatic carbocycles. The van der Waals surface area contributed by atoms with E-state index in [0.717, 1.165) is 40.5 Å². The van der Waals surface area contributed by atoms with Crippen LogP contribution in [0.5, 0.6) is 5.75 Å². The Morgan fingerprint density at radius 2 is 1.55 bits per heavy atom. The standard InChI is InChI=1S/C18H25NO/c1-10-3-4-16(11(2)18(10)20)19-17-14-6-12-5-13(8-14)9-15(17)7-12/h3-4,12-15,17,19-20H,5-9H2,1-2H3. The summed E-state index contributed by atoms with van der Waals surface area (Å²) in [5, 5.41) is 13.9. The first-order chi connectivity index (χ1) is 9.61. The van der Waals surface area contributed by atoms with Gasteiger partial charge in [-0.3, -0.25) is 0 Å². The predicted molar refractivity (Wildman–Crippen MR) is 82.0 cm³/mol. The lowest BCUT2D eigenvalue weighted by Crippen LogP contribution is -2.51. The zero-order valence-corrected chi connectivity index (χ0v) is 12.5. The molecule has 0 radical (unpaired) electrons. The van der Waals surface area contributed by atoms with Crippen molar-refractivity contribution >= 4 is 5.69 Å². The van der Waals surface area contributed by atoms with Gasteiger partial charge >= 0.3 is 0 Å². The number of rotatable bonds is 2. The van der Waals surface area contributed by atoms with Crippen LogP contribution in [0.2, 0.25) is 0 Å². The van der Waals surface area contributed by atoms with Crippen molar-refractivity contribution in [2.45, 2.75) is 52.0 Å². The van der Waals surface area contributed by atoms with Crippen LogP contribution in [-0.4, -0.2) is 11.1 Å². The quantitative estimate of drug-likeness (QED) is 0.843. The average Bonchev–Trinajstić information content (AvgIpc) is 2.42. The molecule has 20 heavy (non-hydrogen) atoms. The van der Waals surface area contributed by atoms with Gasteiger partial charge in [0.2, 0.25) is 0 Å². The summed E-state index contributed by atoms with van der Waals surface area (Å²) in [7, 11) is 0. The molecule has 0 spiro atoms. The molecule has 108 valence electrons. The van der Waals surface area contributed by atoms with Crippen LogP contribution in [0.25, 0.3) is 0 Å². The minimum absolute atomic E-state index is 0.457. The molecule has 4 saturated carbocycles. The van der Waals surface area contributed by atoms with Gasteiger partial charge in [-0.15, -0.1) is 0 Å². The molecule has 5 rings (SSSR count). The summed E-state index contributed by atoms with van der Waals surface area (Å²) in [6.45, 7) is 4.00. The van der Waals surface area contributed by atoms with Gasteiger partial charge in [-0.25, -0.2) is 0 Å². The highest BCUT2D eigenvalue weighted by Crippen LogP contribution is 2.54. The number of aryl methyl sites for hydroxylation is 1. The normalized spacial score (nSPS) is 38.2. The molecule has 0 aromatic heterocycles. The first kappa shape index (κ1) is 12.6. The molecule has 0 atom stereocenters.